The molecule has 1 N–H and O–H groups in total. The van der Waals surface area contributed by atoms with Crippen LogP contribution in [0, 0.1) is 5.92 Å². The van der Waals surface area contributed by atoms with Crippen LogP contribution in [0.25, 0.3) is 0 Å². The molecule has 20 heavy (non-hydrogen) atoms. The molecule has 1 saturated carbocycles. The van der Waals surface area contributed by atoms with Crippen molar-refractivity contribution in [2.75, 3.05) is 6.54 Å². The lowest BCUT2D eigenvalue weighted by molar-refractivity contribution is -0.133. The topological polar surface area (TPSA) is 32.3 Å². The molecule has 0 radical (unpaired) electrons. The van der Waals surface area contributed by atoms with Gasteiger partial charge < -0.3 is 4.90 Å². The highest BCUT2D eigenvalue weighted by Crippen LogP contribution is 2.36. The van der Waals surface area contributed by atoms with Gasteiger partial charge in [-0.3, -0.25) is 10.1 Å². The third kappa shape index (κ3) is 2.63. The third-order valence-corrected chi connectivity index (χ3v) is 5.48. The predicted octanol–water partition coefficient (Wildman–Crippen LogP) is 3.54. The van der Waals surface area contributed by atoms with Gasteiger partial charge in [0, 0.05) is 6.54 Å². The average Bonchev–Trinajstić information content (AvgIpc) is 3.03. The maximum atomic E-state index is 12.7. The summed E-state index contributed by atoms with van der Waals surface area (Å²) in [5.74, 6) is 1.21. The van der Waals surface area contributed by atoms with E-state index in [0.717, 1.165) is 25.3 Å². The standard InChI is InChI=1S/C16H24N2OS/c1-3-16(2)15(19)18(9-4-5-12-6-7-12)14(17-16)13-8-10-20-11-13/h8,10-12,14,17H,3-7,9H2,1-2H3. The van der Waals surface area contributed by atoms with E-state index < -0.39 is 5.54 Å². The number of hydrogen-bond acceptors (Lipinski definition) is 3. The smallest absolute Gasteiger partial charge is 0.244 e. The van der Waals surface area contributed by atoms with E-state index in [9.17, 15) is 4.79 Å². The summed E-state index contributed by atoms with van der Waals surface area (Å²) in [6.45, 7) is 5.01. The molecular formula is C16H24N2OS. The fourth-order valence-electron chi connectivity index (χ4n) is 3.01. The Bertz CT molecular complexity index is 469. The molecule has 2 fully saturated rings. The Hall–Kier alpha value is -0.870. The predicted molar refractivity (Wildman–Crippen MR) is 82.6 cm³/mol. The van der Waals surface area contributed by atoms with Gasteiger partial charge in [-0.25, -0.2) is 0 Å². The molecule has 1 aromatic rings. The lowest BCUT2D eigenvalue weighted by atomic mass is 9.99. The van der Waals surface area contributed by atoms with Crippen LogP contribution in [0.3, 0.4) is 0 Å². The number of nitrogens with zero attached hydrogens (tertiary/aromatic N) is 1. The SMILES string of the molecule is CCC1(C)NC(c2ccsc2)N(CCCC2CC2)C1=O. The van der Waals surface area contributed by atoms with Gasteiger partial charge in [-0.1, -0.05) is 19.8 Å². The first kappa shape index (κ1) is 14.1. The van der Waals surface area contributed by atoms with Gasteiger partial charge in [-0.15, -0.1) is 0 Å². The highest BCUT2D eigenvalue weighted by Gasteiger charge is 2.46. The maximum Gasteiger partial charge on any atom is 0.244 e. The van der Waals surface area contributed by atoms with E-state index in [1.807, 2.05) is 6.92 Å². The van der Waals surface area contributed by atoms with Gasteiger partial charge in [0.15, 0.2) is 0 Å². The van der Waals surface area contributed by atoms with E-state index >= 15 is 0 Å². The normalized spacial score (nSPS) is 30.2. The quantitative estimate of drug-likeness (QED) is 0.870. The van der Waals surface area contributed by atoms with Gasteiger partial charge in [0.2, 0.25) is 5.91 Å². The molecule has 2 heterocycles. The molecule has 2 unspecified atom stereocenters. The first-order valence-electron chi connectivity index (χ1n) is 7.75. The summed E-state index contributed by atoms with van der Waals surface area (Å²) >= 11 is 1.70. The van der Waals surface area contributed by atoms with Crippen molar-refractivity contribution >= 4 is 17.2 Å². The van der Waals surface area contributed by atoms with E-state index in [1.165, 1.54) is 24.8 Å². The zero-order chi connectivity index (χ0) is 14.2. The highest BCUT2D eigenvalue weighted by molar-refractivity contribution is 7.07. The molecule has 1 aromatic heterocycles. The van der Waals surface area contributed by atoms with Gasteiger partial charge in [-0.2, -0.15) is 11.3 Å². The van der Waals surface area contributed by atoms with Crippen LogP contribution in [-0.2, 0) is 4.79 Å². The van der Waals surface area contributed by atoms with Gasteiger partial charge in [0.25, 0.3) is 0 Å². The fourth-order valence-corrected chi connectivity index (χ4v) is 3.69. The first-order valence-corrected chi connectivity index (χ1v) is 8.69. The summed E-state index contributed by atoms with van der Waals surface area (Å²) in [6, 6.07) is 2.13. The number of nitrogens with one attached hydrogen (secondary N) is 1. The number of hydrogen-bond donors (Lipinski definition) is 1. The minimum absolute atomic E-state index is 0.0675. The second kappa shape index (κ2) is 5.49. The minimum atomic E-state index is -0.397. The Labute approximate surface area is 125 Å². The van der Waals surface area contributed by atoms with E-state index in [-0.39, 0.29) is 12.1 Å². The fraction of sp³-hybridized carbons (Fsp3) is 0.688. The lowest BCUT2D eigenvalue weighted by Gasteiger charge is -2.23. The summed E-state index contributed by atoms with van der Waals surface area (Å²) in [5, 5.41) is 7.80. The molecule has 1 aliphatic carbocycles. The Kier molecular flexibility index (Phi) is 3.87. The van der Waals surface area contributed by atoms with Crippen LogP contribution in [0.1, 0.15) is 57.7 Å². The Morgan fingerprint density at radius 3 is 2.90 bits per heavy atom. The van der Waals surface area contributed by atoms with Crippen LogP contribution in [0.4, 0.5) is 0 Å². The Balaban J connectivity index is 1.72. The monoisotopic (exact) mass is 292 g/mol. The largest absolute Gasteiger partial charge is 0.321 e. The van der Waals surface area contributed by atoms with Crippen molar-refractivity contribution in [3.8, 4) is 0 Å². The van der Waals surface area contributed by atoms with Crippen molar-refractivity contribution in [2.24, 2.45) is 5.92 Å². The van der Waals surface area contributed by atoms with Gasteiger partial charge in [-0.05, 0) is 54.5 Å². The molecule has 3 rings (SSSR count). The zero-order valence-electron chi connectivity index (χ0n) is 12.4. The van der Waals surface area contributed by atoms with Crippen LogP contribution in [0.5, 0.6) is 0 Å². The molecule has 4 heteroatoms. The molecule has 0 bridgehead atoms. The van der Waals surface area contributed by atoms with Crippen molar-refractivity contribution < 1.29 is 4.79 Å². The summed E-state index contributed by atoms with van der Waals surface area (Å²) in [7, 11) is 0. The van der Waals surface area contributed by atoms with Crippen LogP contribution >= 0.6 is 11.3 Å². The van der Waals surface area contributed by atoms with Crippen LogP contribution in [0.2, 0.25) is 0 Å². The Morgan fingerprint density at radius 1 is 1.50 bits per heavy atom. The van der Waals surface area contributed by atoms with Crippen LogP contribution in [-0.4, -0.2) is 22.9 Å². The van der Waals surface area contributed by atoms with E-state index in [2.05, 4.69) is 34.0 Å². The highest BCUT2D eigenvalue weighted by atomic mass is 32.1. The third-order valence-electron chi connectivity index (χ3n) is 4.77. The van der Waals surface area contributed by atoms with E-state index in [1.54, 1.807) is 11.3 Å². The Morgan fingerprint density at radius 2 is 2.30 bits per heavy atom. The molecule has 2 aliphatic rings. The molecule has 1 amide bonds. The lowest BCUT2D eigenvalue weighted by Crippen LogP contribution is -2.43. The van der Waals surface area contributed by atoms with Crippen LogP contribution < -0.4 is 5.32 Å². The summed E-state index contributed by atoms with van der Waals surface area (Å²) < 4.78 is 0. The number of thiophene rings is 1. The van der Waals surface area contributed by atoms with Crippen molar-refractivity contribution in [1.29, 1.82) is 0 Å². The van der Waals surface area contributed by atoms with E-state index in [0.29, 0.717) is 0 Å². The second-order valence-corrected chi connectivity index (χ2v) is 7.15. The second-order valence-electron chi connectivity index (χ2n) is 6.37. The van der Waals surface area contributed by atoms with Crippen molar-refractivity contribution in [3.05, 3.63) is 22.4 Å². The maximum absolute atomic E-state index is 12.7. The van der Waals surface area contributed by atoms with Crippen molar-refractivity contribution in [1.82, 2.24) is 10.2 Å². The molecular weight excluding hydrogens is 268 g/mol. The molecule has 0 aromatic carbocycles. The number of carbonyl (C=O) groups excluding carboxylic acids is 1. The first-order chi connectivity index (χ1) is 9.64. The van der Waals surface area contributed by atoms with Crippen molar-refractivity contribution in [3.63, 3.8) is 0 Å². The number of carbonyl (C=O) groups is 1. The van der Waals surface area contributed by atoms with Gasteiger partial charge in [0.05, 0.1) is 5.54 Å². The summed E-state index contributed by atoms with van der Waals surface area (Å²) in [4.78, 5) is 14.8. The number of rotatable bonds is 6. The number of amides is 1. The molecule has 2 atom stereocenters. The van der Waals surface area contributed by atoms with Crippen LogP contribution in [0.15, 0.2) is 16.8 Å². The molecule has 0 spiro atoms. The molecule has 1 saturated heterocycles. The average molecular weight is 292 g/mol. The summed E-state index contributed by atoms with van der Waals surface area (Å²) in [5.41, 5.74) is 0.832. The molecule has 3 nitrogen and oxygen atoms in total. The van der Waals surface area contributed by atoms with Crippen molar-refractivity contribution in [2.45, 2.75) is 57.7 Å². The molecule has 110 valence electrons. The van der Waals surface area contributed by atoms with Gasteiger partial charge in [0.1, 0.15) is 6.17 Å². The van der Waals surface area contributed by atoms with E-state index in [4.69, 9.17) is 0 Å². The zero-order valence-corrected chi connectivity index (χ0v) is 13.2. The van der Waals surface area contributed by atoms with Gasteiger partial charge >= 0.3 is 0 Å². The molecule has 1 aliphatic heterocycles. The minimum Gasteiger partial charge on any atom is -0.321 e. The summed E-state index contributed by atoms with van der Waals surface area (Å²) in [6.07, 6.45) is 6.12.